The first kappa shape index (κ1) is 26.7. The van der Waals surface area contributed by atoms with Crippen molar-refractivity contribution < 1.29 is 19.8 Å². The van der Waals surface area contributed by atoms with Gasteiger partial charge in [0.15, 0.2) is 0 Å². The molecule has 0 saturated heterocycles. The Balaban J connectivity index is 1.41. The summed E-state index contributed by atoms with van der Waals surface area (Å²) < 4.78 is 0. The number of hydrogen-bond donors (Lipinski definition) is 3. The third-order valence-corrected chi connectivity index (χ3v) is 10.7. The summed E-state index contributed by atoms with van der Waals surface area (Å²) in [7, 11) is 0. The summed E-state index contributed by atoms with van der Waals surface area (Å²) in [6, 6.07) is 0.168. The van der Waals surface area contributed by atoms with Crippen molar-refractivity contribution >= 4 is 11.9 Å². The second-order valence-corrected chi connectivity index (χ2v) is 13.1. The van der Waals surface area contributed by atoms with Gasteiger partial charge in [-0.15, -0.1) is 0 Å². The third-order valence-electron chi connectivity index (χ3n) is 10.7. The van der Waals surface area contributed by atoms with Gasteiger partial charge in [-0.3, -0.25) is 9.59 Å². The topological polar surface area (TPSA) is 86.6 Å². The van der Waals surface area contributed by atoms with Crippen LogP contribution in [0.5, 0.6) is 0 Å². The first-order chi connectivity index (χ1) is 16.5. The molecule has 35 heavy (non-hydrogen) atoms. The molecule has 0 aliphatic heterocycles. The number of aliphatic carboxylic acids is 1. The number of hydrogen-bond acceptors (Lipinski definition) is 3. The molecule has 4 aliphatic carbocycles. The van der Waals surface area contributed by atoms with Crippen LogP contribution < -0.4 is 5.32 Å². The molecule has 0 spiro atoms. The Morgan fingerprint density at radius 3 is 2.60 bits per heavy atom. The van der Waals surface area contributed by atoms with Crippen molar-refractivity contribution in [3.63, 3.8) is 0 Å². The molecule has 1 amide bonds. The third kappa shape index (κ3) is 5.65. The van der Waals surface area contributed by atoms with E-state index in [1.54, 1.807) is 5.57 Å². The number of carboxylic acid groups (broad SMARTS) is 1. The zero-order valence-corrected chi connectivity index (χ0v) is 22.5. The highest BCUT2D eigenvalue weighted by Gasteiger charge is 2.58. The van der Waals surface area contributed by atoms with Crippen molar-refractivity contribution in [2.75, 3.05) is 0 Å². The minimum Gasteiger partial charge on any atom is -0.481 e. The van der Waals surface area contributed by atoms with E-state index in [2.05, 4.69) is 25.2 Å². The van der Waals surface area contributed by atoms with Crippen molar-refractivity contribution in [2.45, 2.75) is 123 Å². The molecule has 5 nitrogen and oxygen atoms in total. The number of carbonyl (C=O) groups is 2. The van der Waals surface area contributed by atoms with Crippen LogP contribution in [0.2, 0.25) is 0 Å². The van der Waals surface area contributed by atoms with Gasteiger partial charge in [0, 0.05) is 12.5 Å². The van der Waals surface area contributed by atoms with Crippen molar-refractivity contribution in [3.8, 4) is 0 Å². The Hall–Kier alpha value is -1.36. The molecular formula is C30H49NO4. The van der Waals surface area contributed by atoms with Gasteiger partial charge in [-0.2, -0.15) is 0 Å². The molecule has 0 bridgehead atoms. The lowest BCUT2D eigenvalue weighted by Crippen LogP contribution is -2.49. The number of aliphatic hydroxyl groups is 1. The molecular weight excluding hydrogens is 438 g/mol. The summed E-state index contributed by atoms with van der Waals surface area (Å²) >= 11 is 0. The summed E-state index contributed by atoms with van der Waals surface area (Å²) in [5, 5.41) is 22.2. The molecule has 5 heteroatoms. The lowest BCUT2D eigenvalue weighted by molar-refractivity contribution is -0.139. The number of carboxylic acids is 1. The lowest BCUT2D eigenvalue weighted by Gasteiger charge is -2.55. The van der Waals surface area contributed by atoms with Crippen LogP contribution in [0.1, 0.15) is 111 Å². The van der Waals surface area contributed by atoms with Crippen LogP contribution in [0.3, 0.4) is 0 Å². The molecule has 0 heterocycles. The number of fused-ring (bicyclic) bond motifs is 5. The van der Waals surface area contributed by atoms with Crippen LogP contribution >= 0.6 is 0 Å². The van der Waals surface area contributed by atoms with E-state index in [-0.39, 0.29) is 24.8 Å². The van der Waals surface area contributed by atoms with Crippen LogP contribution in [-0.4, -0.2) is 33.7 Å². The molecule has 3 saturated carbocycles. The summed E-state index contributed by atoms with van der Waals surface area (Å²) in [5.41, 5.74) is 1.49. The maximum atomic E-state index is 12.2. The monoisotopic (exact) mass is 487 g/mol. The van der Waals surface area contributed by atoms with Gasteiger partial charge in [0.05, 0.1) is 12.0 Å². The maximum absolute atomic E-state index is 12.2. The van der Waals surface area contributed by atoms with Gasteiger partial charge in [-0.1, -0.05) is 25.5 Å². The van der Waals surface area contributed by atoms with E-state index >= 15 is 0 Å². The quantitative estimate of drug-likeness (QED) is 0.343. The van der Waals surface area contributed by atoms with Crippen LogP contribution in [0, 0.1) is 40.9 Å². The standard InChI is InChI=1S/C30H49NO4/c1-5-30-17-15-23-22-9-7-21(31-27(32)12-13-28(33)34)18-20(22)6-8-24(23)26(30)11-10-25(30)19(2)14-16-29(3,4)35/h6,19,21-26,35H,5,7-18H2,1-4H3,(H,31,32)(H,33,34)/t19?,21-,22-,23?,24?,25+,26?,30?/m0/s1. The van der Waals surface area contributed by atoms with Gasteiger partial charge < -0.3 is 15.5 Å². The van der Waals surface area contributed by atoms with Gasteiger partial charge in [-0.25, -0.2) is 0 Å². The Morgan fingerprint density at radius 2 is 1.91 bits per heavy atom. The fourth-order valence-electron chi connectivity index (χ4n) is 9.10. The summed E-state index contributed by atoms with van der Waals surface area (Å²) in [6.45, 7) is 8.78. The number of amides is 1. The predicted octanol–water partition coefficient (Wildman–Crippen LogP) is 6.10. The largest absolute Gasteiger partial charge is 0.481 e. The molecule has 198 valence electrons. The second kappa shape index (κ2) is 10.6. The van der Waals surface area contributed by atoms with Gasteiger partial charge >= 0.3 is 5.97 Å². The summed E-state index contributed by atoms with van der Waals surface area (Å²) in [5.74, 6) is 3.58. The molecule has 0 aromatic rings. The Kier molecular flexibility index (Phi) is 8.05. The van der Waals surface area contributed by atoms with Crippen LogP contribution in [0.25, 0.3) is 0 Å². The SMILES string of the molecule is CCC12CCC3C(CC=C4C[C@@H](NC(=O)CCC(=O)O)CC[C@@H]43)C1CC[C@@H]2C(C)CCC(C)(C)O. The van der Waals surface area contributed by atoms with E-state index < -0.39 is 11.6 Å². The molecule has 0 radical (unpaired) electrons. The van der Waals surface area contributed by atoms with Crippen LogP contribution in [-0.2, 0) is 9.59 Å². The summed E-state index contributed by atoms with van der Waals surface area (Å²) in [4.78, 5) is 22.9. The van der Waals surface area contributed by atoms with Crippen LogP contribution in [0.15, 0.2) is 11.6 Å². The van der Waals surface area contributed by atoms with E-state index in [0.29, 0.717) is 17.3 Å². The van der Waals surface area contributed by atoms with Crippen molar-refractivity contribution in [2.24, 2.45) is 40.9 Å². The normalized spacial score (nSPS) is 37.5. The summed E-state index contributed by atoms with van der Waals surface area (Å²) in [6.07, 6.45) is 15.6. The zero-order valence-electron chi connectivity index (χ0n) is 22.5. The number of nitrogens with one attached hydrogen (secondary N) is 1. The first-order valence-electron chi connectivity index (χ1n) is 14.5. The number of allylic oxidation sites excluding steroid dienone is 1. The predicted molar refractivity (Wildman–Crippen MR) is 139 cm³/mol. The highest BCUT2D eigenvalue weighted by Crippen LogP contribution is 2.66. The van der Waals surface area contributed by atoms with Gasteiger partial charge in [0.25, 0.3) is 0 Å². The van der Waals surface area contributed by atoms with Gasteiger partial charge in [0.2, 0.25) is 5.91 Å². The highest BCUT2D eigenvalue weighted by atomic mass is 16.4. The minimum absolute atomic E-state index is 0.0786. The zero-order chi connectivity index (χ0) is 25.4. The Morgan fingerprint density at radius 1 is 1.14 bits per heavy atom. The fraction of sp³-hybridized carbons (Fsp3) is 0.867. The first-order valence-corrected chi connectivity index (χ1v) is 14.5. The maximum Gasteiger partial charge on any atom is 0.303 e. The van der Waals surface area contributed by atoms with E-state index in [9.17, 15) is 14.7 Å². The molecule has 8 atom stereocenters. The van der Waals surface area contributed by atoms with E-state index in [1.807, 2.05) is 13.8 Å². The number of rotatable bonds is 9. The number of carbonyl (C=O) groups excluding carboxylic acids is 1. The molecule has 4 aliphatic rings. The highest BCUT2D eigenvalue weighted by molar-refractivity contribution is 5.80. The average Bonchev–Trinajstić information content (AvgIpc) is 3.20. The smallest absolute Gasteiger partial charge is 0.303 e. The molecule has 5 unspecified atom stereocenters. The van der Waals surface area contributed by atoms with E-state index in [4.69, 9.17) is 5.11 Å². The Labute approximate surface area is 212 Å². The minimum atomic E-state index is -0.911. The van der Waals surface area contributed by atoms with Crippen molar-refractivity contribution in [1.29, 1.82) is 0 Å². The molecule has 3 N–H and O–H groups in total. The molecule has 3 fully saturated rings. The van der Waals surface area contributed by atoms with E-state index in [1.165, 1.54) is 38.5 Å². The second-order valence-electron chi connectivity index (χ2n) is 13.1. The van der Waals surface area contributed by atoms with Gasteiger partial charge in [-0.05, 0) is 125 Å². The molecule has 0 aromatic heterocycles. The van der Waals surface area contributed by atoms with Crippen molar-refractivity contribution in [3.05, 3.63) is 11.6 Å². The Bertz CT molecular complexity index is 814. The van der Waals surface area contributed by atoms with Crippen molar-refractivity contribution in [1.82, 2.24) is 5.32 Å². The lowest BCUT2D eigenvalue weighted by atomic mass is 9.49. The fourth-order valence-corrected chi connectivity index (χ4v) is 9.10. The van der Waals surface area contributed by atoms with Crippen LogP contribution in [0.4, 0.5) is 0 Å². The molecule has 0 aromatic carbocycles. The van der Waals surface area contributed by atoms with Gasteiger partial charge in [0.1, 0.15) is 0 Å². The van der Waals surface area contributed by atoms with E-state index in [0.717, 1.165) is 55.8 Å². The molecule has 4 rings (SSSR count). The average molecular weight is 488 g/mol.